The summed E-state index contributed by atoms with van der Waals surface area (Å²) in [5.41, 5.74) is 0. The molecule has 0 fully saturated rings. The van der Waals surface area contributed by atoms with Crippen molar-refractivity contribution in [2.24, 2.45) is 0 Å². The third-order valence-corrected chi connectivity index (χ3v) is 5.32. The van der Waals surface area contributed by atoms with Crippen LogP contribution in [-0.2, 0) is 4.79 Å². The van der Waals surface area contributed by atoms with E-state index in [2.05, 4.69) is 17.2 Å². The number of hydrogen-bond donors (Lipinski definition) is 3. The summed E-state index contributed by atoms with van der Waals surface area (Å²) in [6, 6.07) is 8.71. The SMILES string of the molecule is C=CC(CC(O)CNC(=O)COc1ccc(Cl)c(F)c1)NCCOc1ccc(Cl)c(Cl)c1. The molecule has 3 N–H and O–H groups in total. The van der Waals surface area contributed by atoms with Gasteiger partial charge in [0.2, 0.25) is 0 Å². The van der Waals surface area contributed by atoms with Gasteiger partial charge in [-0.25, -0.2) is 4.39 Å². The third-order valence-electron chi connectivity index (χ3n) is 4.27. The number of halogens is 4. The van der Waals surface area contributed by atoms with Crippen LogP contribution < -0.4 is 20.1 Å². The van der Waals surface area contributed by atoms with Gasteiger partial charge in [-0.15, -0.1) is 6.58 Å². The zero-order valence-corrected chi connectivity index (χ0v) is 19.4. The largest absolute Gasteiger partial charge is 0.492 e. The Morgan fingerprint density at radius 1 is 1.09 bits per heavy atom. The molecule has 6 nitrogen and oxygen atoms in total. The highest BCUT2D eigenvalue weighted by Gasteiger charge is 2.13. The molecule has 0 aromatic heterocycles. The summed E-state index contributed by atoms with van der Waals surface area (Å²) in [7, 11) is 0. The summed E-state index contributed by atoms with van der Waals surface area (Å²) in [5.74, 6) is -0.299. The number of amides is 1. The van der Waals surface area contributed by atoms with Gasteiger partial charge in [-0.2, -0.15) is 0 Å². The first kappa shape index (κ1) is 26.2. The molecule has 0 aliphatic rings. The normalized spacial score (nSPS) is 12.7. The maximum Gasteiger partial charge on any atom is 0.258 e. The molecule has 0 aliphatic carbocycles. The molecule has 0 bridgehead atoms. The van der Waals surface area contributed by atoms with Crippen molar-refractivity contribution < 1.29 is 23.8 Å². The van der Waals surface area contributed by atoms with Crippen LogP contribution in [0, 0.1) is 5.82 Å². The molecule has 32 heavy (non-hydrogen) atoms. The van der Waals surface area contributed by atoms with Crippen molar-refractivity contribution in [2.45, 2.75) is 18.6 Å². The predicted octanol–water partition coefficient (Wildman–Crippen LogP) is 4.26. The molecule has 0 radical (unpaired) electrons. The molecule has 0 saturated heterocycles. The van der Waals surface area contributed by atoms with E-state index in [0.29, 0.717) is 35.4 Å². The molecule has 2 unspecified atom stereocenters. The lowest BCUT2D eigenvalue weighted by atomic mass is 10.1. The van der Waals surface area contributed by atoms with Gasteiger partial charge in [-0.3, -0.25) is 4.79 Å². The standard InChI is InChI=1S/C22H24Cl3FN2O4/c1-2-14(27-7-8-31-16-3-5-18(23)20(25)10-16)9-15(29)12-28-22(30)13-32-17-4-6-19(24)21(26)11-17/h2-6,10-11,14-15,27,29H,1,7-9,12-13H2,(H,28,30). The fourth-order valence-corrected chi connectivity index (χ4v) is 3.02. The second-order valence-electron chi connectivity index (χ2n) is 6.78. The highest BCUT2D eigenvalue weighted by molar-refractivity contribution is 6.42. The first-order chi connectivity index (χ1) is 15.3. The van der Waals surface area contributed by atoms with Crippen LogP contribution in [0.5, 0.6) is 11.5 Å². The van der Waals surface area contributed by atoms with E-state index in [4.69, 9.17) is 44.3 Å². The smallest absolute Gasteiger partial charge is 0.258 e. The van der Waals surface area contributed by atoms with E-state index in [9.17, 15) is 14.3 Å². The molecule has 2 atom stereocenters. The molecular formula is C22H24Cl3FN2O4. The lowest BCUT2D eigenvalue weighted by Crippen LogP contribution is -2.39. The van der Waals surface area contributed by atoms with Crippen molar-refractivity contribution in [3.05, 3.63) is 69.9 Å². The molecule has 1 amide bonds. The fourth-order valence-electron chi connectivity index (χ4n) is 2.62. The maximum absolute atomic E-state index is 13.4. The maximum atomic E-state index is 13.4. The van der Waals surface area contributed by atoms with Crippen LogP contribution in [-0.4, -0.2) is 49.5 Å². The van der Waals surface area contributed by atoms with Gasteiger partial charge in [0.15, 0.2) is 6.61 Å². The Morgan fingerprint density at radius 3 is 2.44 bits per heavy atom. The van der Waals surface area contributed by atoms with Crippen molar-refractivity contribution in [1.82, 2.24) is 10.6 Å². The lowest BCUT2D eigenvalue weighted by molar-refractivity contribution is -0.123. The average molecular weight is 506 g/mol. The van der Waals surface area contributed by atoms with Gasteiger partial charge in [-0.1, -0.05) is 40.9 Å². The van der Waals surface area contributed by atoms with Gasteiger partial charge in [0.05, 0.1) is 21.2 Å². The van der Waals surface area contributed by atoms with E-state index in [1.165, 1.54) is 12.1 Å². The van der Waals surface area contributed by atoms with E-state index in [1.807, 2.05) is 0 Å². The van der Waals surface area contributed by atoms with E-state index in [-0.39, 0.29) is 30.0 Å². The van der Waals surface area contributed by atoms with Crippen LogP contribution in [0.3, 0.4) is 0 Å². The Hall–Kier alpha value is -2.03. The number of hydrogen-bond acceptors (Lipinski definition) is 5. The summed E-state index contributed by atoms with van der Waals surface area (Å²) in [5, 5.41) is 16.8. The third kappa shape index (κ3) is 9.22. The van der Waals surface area contributed by atoms with Crippen molar-refractivity contribution in [1.29, 1.82) is 0 Å². The second-order valence-corrected chi connectivity index (χ2v) is 8.00. The molecular weight excluding hydrogens is 482 g/mol. The van der Waals surface area contributed by atoms with Crippen LogP contribution in [0.25, 0.3) is 0 Å². The van der Waals surface area contributed by atoms with E-state index in [1.54, 1.807) is 24.3 Å². The quantitative estimate of drug-likeness (QED) is 0.280. The van der Waals surface area contributed by atoms with Gasteiger partial charge in [0.1, 0.15) is 23.9 Å². The summed E-state index contributed by atoms with van der Waals surface area (Å²) < 4.78 is 24.2. The highest BCUT2D eigenvalue weighted by Crippen LogP contribution is 2.26. The first-order valence-corrected chi connectivity index (χ1v) is 10.9. The summed E-state index contributed by atoms with van der Waals surface area (Å²) in [4.78, 5) is 11.9. The van der Waals surface area contributed by atoms with E-state index < -0.39 is 17.8 Å². The predicted molar refractivity (Wildman–Crippen MR) is 124 cm³/mol. The zero-order valence-electron chi connectivity index (χ0n) is 17.1. The Kier molecular flexibility index (Phi) is 11.1. The van der Waals surface area contributed by atoms with Gasteiger partial charge in [0.25, 0.3) is 5.91 Å². The molecule has 10 heteroatoms. The summed E-state index contributed by atoms with van der Waals surface area (Å²) >= 11 is 17.4. The topological polar surface area (TPSA) is 79.8 Å². The molecule has 2 aromatic carbocycles. The minimum absolute atomic E-state index is 0.0307. The van der Waals surface area contributed by atoms with Crippen LogP contribution in [0.1, 0.15) is 6.42 Å². The molecule has 0 heterocycles. The monoisotopic (exact) mass is 504 g/mol. The van der Waals surface area contributed by atoms with E-state index >= 15 is 0 Å². The van der Waals surface area contributed by atoms with E-state index in [0.717, 1.165) is 6.07 Å². The van der Waals surface area contributed by atoms with Gasteiger partial charge in [0, 0.05) is 31.3 Å². The van der Waals surface area contributed by atoms with Crippen molar-refractivity contribution >= 4 is 40.7 Å². The lowest BCUT2D eigenvalue weighted by Gasteiger charge is -2.19. The van der Waals surface area contributed by atoms with Crippen LogP contribution in [0.2, 0.25) is 15.1 Å². The fraction of sp³-hybridized carbons (Fsp3) is 0.318. The molecule has 0 aliphatic heterocycles. The molecule has 0 saturated carbocycles. The van der Waals surface area contributed by atoms with Crippen molar-refractivity contribution in [2.75, 3.05) is 26.3 Å². The van der Waals surface area contributed by atoms with Crippen LogP contribution in [0.4, 0.5) is 4.39 Å². The van der Waals surface area contributed by atoms with Gasteiger partial charge >= 0.3 is 0 Å². The van der Waals surface area contributed by atoms with Crippen molar-refractivity contribution in [3.8, 4) is 11.5 Å². The Balaban J connectivity index is 1.63. The number of aliphatic hydroxyl groups excluding tert-OH is 1. The number of benzene rings is 2. The molecule has 0 spiro atoms. The molecule has 2 aromatic rings. The van der Waals surface area contributed by atoms with Gasteiger partial charge < -0.3 is 25.2 Å². The number of aliphatic hydroxyl groups is 1. The van der Waals surface area contributed by atoms with Crippen LogP contribution in [0.15, 0.2) is 49.1 Å². The molecule has 2 rings (SSSR count). The average Bonchev–Trinajstić information content (AvgIpc) is 2.77. The van der Waals surface area contributed by atoms with Crippen molar-refractivity contribution in [3.63, 3.8) is 0 Å². The Bertz CT molecular complexity index is 917. The number of nitrogens with one attached hydrogen (secondary N) is 2. The summed E-state index contributed by atoms with van der Waals surface area (Å²) in [6.07, 6.45) is 1.20. The minimum Gasteiger partial charge on any atom is -0.492 e. The number of rotatable bonds is 13. The van der Waals surface area contributed by atoms with Gasteiger partial charge in [-0.05, 0) is 30.7 Å². The van der Waals surface area contributed by atoms with Crippen LogP contribution >= 0.6 is 34.8 Å². The first-order valence-electron chi connectivity index (χ1n) is 9.75. The zero-order chi connectivity index (χ0) is 23.5. The molecule has 174 valence electrons. The Labute approximate surface area is 201 Å². The highest BCUT2D eigenvalue weighted by atomic mass is 35.5. The number of carbonyl (C=O) groups is 1. The number of ether oxygens (including phenoxy) is 2. The second kappa shape index (κ2) is 13.5. The minimum atomic E-state index is -0.807. The summed E-state index contributed by atoms with van der Waals surface area (Å²) in [6.45, 7) is 4.34. The Morgan fingerprint density at radius 2 is 1.78 bits per heavy atom. The number of carbonyl (C=O) groups excluding carboxylic acids is 1.